The van der Waals surface area contributed by atoms with Gasteiger partial charge in [0.1, 0.15) is 22.4 Å². The predicted molar refractivity (Wildman–Crippen MR) is 188 cm³/mol. The lowest BCUT2D eigenvalue weighted by Crippen LogP contribution is -2.49. The first-order valence-corrected chi connectivity index (χ1v) is 19.1. The lowest BCUT2D eigenvalue weighted by molar-refractivity contribution is -0.126. The van der Waals surface area contributed by atoms with Crippen LogP contribution in [-0.2, 0) is 23.0 Å². The van der Waals surface area contributed by atoms with Gasteiger partial charge in [0.15, 0.2) is 0 Å². The highest BCUT2D eigenvalue weighted by Gasteiger charge is 2.30. The highest BCUT2D eigenvalue weighted by Crippen LogP contribution is 2.35. The minimum absolute atomic E-state index is 0.0272. The quantitative estimate of drug-likeness (QED) is 0.228. The van der Waals surface area contributed by atoms with Crippen molar-refractivity contribution < 1.29 is 21.6 Å². The average Bonchev–Trinajstić information content (AvgIpc) is 3.63. The summed E-state index contributed by atoms with van der Waals surface area (Å²) in [5, 5.41) is 18.2. The average molecular weight is 718 g/mol. The lowest BCUT2D eigenvalue weighted by Gasteiger charge is -2.35. The molecule has 3 aromatic heterocycles. The fourth-order valence-corrected chi connectivity index (χ4v) is 8.95. The van der Waals surface area contributed by atoms with Crippen molar-refractivity contribution in [2.45, 2.75) is 57.9 Å². The maximum absolute atomic E-state index is 13.1. The highest BCUT2D eigenvalue weighted by atomic mass is 32.2. The zero-order chi connectivity index (χ0) is 35.1. The summed E-state index contributed by atoms with van der Waals surface area (Å²) in [5.74, 6) is 0.927. The molecule has 0 amide bonds. The third-order valence-corrected chi connectivity index (χ3v) is 12.0. The third-order valence-electron chi connectivity index (χ3n) is 9.65. The second-order valence-electron chi connectivity index (χ2n) is 13.2. The predicted octanol–water partition coefficient (Wildman–Crippen LogP) is 5.19. The van der Waals surface area contributed by atoms with Crippen molar-refractivity contribution in [1.29, 1.82) is 5.26 Å². The van der Waals surface area contributed by atoms with Crippen LogP contribution in [0, 0.1) is 18.3 Å². The largest absolute Gasteiger partial charge is 0.393 e. The number of hydrogen-bond donors (Lipinski definition) is 2. The summed E-state index contributed by atoms with van der Waals surface area (Å²) >= 11 is 1.05. The van der Waals surface area contributed by atoms with E-state index < -0.39 is 22.6 Å². The molecule has 6 rings (SSSR count). The van der Waals surface area contributed by atoms with Gasteiger partial charge >= 0.3 is 6.18 Å². The molecule has 11 nitrogen and oxygen atoms in total. The van der Waals surface area contributed by atoms with Crippen molar-refractivity contribution in [3.63, 3.8) is 0 Å². The van der Waals surface area contributed by atoms with Gasteiger partial charge in [-0.3, -0.25) is 9.80 Å². The van der Waals surface area contributed by atoms with Gasteiger partial charge in [0.2, 0.25) is 16.0 Å². The van der Waals surface area contributed by atoms with Crippen molar-refractivity contribution in [2.24, 2.45) is 0 Å². The molecule has 2 fully saturated rings. The number of nitriles is 1. The first-order chi connectivity index (χ1) is 23.2. The minimum Gasteiger partial charge on any atom is -0.367 e. The van der Waals surface area contributed by atoms with Gasteiger partial charge in [-0.1, -0.05) is 6.07 Å². The smallest absolute Gasteiger partial charge is 0.367 e. The van der Waals surface area contributed by atoms with Gasteiger partial charge in [0.05, 0.1) is 18.1 Å². The third kappa shape index (κ3) is 7.96. The van der Waals surface area contributed by atoms with E-state index >= 15 is 0 Å². The maximum Gasteiger partial charge on any atom is 0.393 e. The molecule has 5 heterocycles. The molecule has 0 aliphatic carbocycles. The number of fused-ring (bicyclic) bond motifs is 2. The molecule has 1 atom stereocenters. The summed E-state index contributed by atoms with van der Waals surface area (Å²) in [7, 11) is -1.50. The Balaban J connectivity index is 1.10. The van der Waals surface area contributed by atoms with Crippen LogP contribution in [0.3, 0.4) is 0 Å². The van der Waals surface area contributed by atoms with Crippen LogP contribution in [-0.4, -0.2) is 108 Å². The molecule has 264 valence electrons. The number of thiophene rings is 1. The summed E-state index contributed by atoms with van der Waals surface area (Å²) in [6.45, 7) is 9.67. The van der Waals surface area contributed by atoms with E-state index in [9.17, 15) is 26.9 Å². The minimum atomic E-state index is -4.29. The Bertz CT molecular complexity index is 1970. The van der Waals surface area contributed by atoms with Crippen molar-refractivity contribution in [2.75, 3.05) is 69.8 Å². The number of sulfonamides is 1. The SMILES string of the molecule is CNc1nc(NC2CCN(Cc3ccc4c(cc(C#N)n4C(C)CN4CCN(S(C)(=O)=O)CC4)c3C)CC2)c2cc(CC(F)(F)F)sc2n1. The Hall–Kier alpha value is -3.49. The molecule has 1 aromatic carbocycles. The number of anilines is 2. The first-order valence-electron chi connectivity index (χ1n) is 16.5. The normalized spacial score (nSPS) is 18.2. The maximum atomic E-state index is 13.1. The number of halogens is 3. The number of aryl methyl sites for hydroxylation is 1. The van der Waals surface area contributed by atoms with E-state index in [0.29, 0.717) is 53.9 Å². The molecule has 0 spiro atoms. The van der Waals surface area contributed by atoms with Gasteiger partial charge in [0, 0.05) is 87.3 Å². The van der Waals surface area contributed by atoms with Crippen LogP contribution < -0.4 is 10.6 Å². The molecule has 4 aromatic rings. The van der Waals surface area contributed by atoms with Crippen molar-refractivity contribution in [1.82, 2.24) is 28.6 Å². The highest BCUT2D eigenvalue weighted by molar-refractivity contribution is 7.88. The van der Waals surface area contributed by atoms with Gasteiger partial charge < -0.3 is 15.2 Å². The fraction of sp³-hybridized carbons (Fsp3) is 0.545. The standard InChI is InChI=1S/C33H42F3N9O2S2/c1-21(19-43-11-13-44(14-12-43)49(4,46)47)45-25(18-37)15-27-22(2)23(5-6-29(27)45)20-42-9-7-24(8-10-42)39-30-28-16-26(17-33(34,35)36)48-31(28)41-32(38-3)40-30/h5-6,15-16,21,24H,7-14,17,19-20H2,1-4H3,(H2,38,39,40,41). The molecular weight excluding hydrogens is 676 g/mol. The molecule has 1 unspecified atom stereocenters. The Morgan fingerprint density at radius 1 is 1.06 bits per heavy atom. The number of likely N-dealkylation sites (tertiary alicyclic amines) is 1. The second-order valence-corrected chi connectivity index (χ2v) is 16.3. The van der Waals surface area contributed by atoms with E-state index in [0.717, 1.165) is 66.8 Å². The molecule has 49 heavy (non-hydrogen) atoms. The molecule has 2 saturated heterocycles. The number of benzene rings is 1. The van der Waals surface area contributed by atoms with Crippen LogP contribution in [0.5, 0.6) is 0 Å². The number of piperidine rings is 1. The van der Waals surface area contributed by atoms with E-state index in [1.807, 2.05) is 6.07 Å². The van der Waals surface area contributed by atoms with Crippen LogP contribution in [0.25, 0.3) is 21.1 Å². The number of nitrogens with zero attached hydrogens (tertiary/aromatic N) is 7. The molecular formula is C33H42F3N9O2S2. The Labute approximate surface area is 288 Å². The summed E-state index contributed by atoms with van der Waals surface area (Å²) in [6, 6.07) is 10.3. The van der Waals surface area contributed by atoms with Crippen LogP contribution in [0.15, 0.2) is 24.3 Å². The van der Waals surface area contributed by atoms with E-state index in [1.54, 1.807) is 13.1 Å². The zero-order valence-electron chi connectivity index (χ0n) is 28.1. The van der Waals surface area contributed by atoms with E-state index in [4.69, 9.17) is 0 Å². The Morgan fingerprint density at radius 2 is 1.78 bits per heavy atom. The van der Waals surface area contributed by atoms with Crippen LogP contribution in [0.2, 0.25) is 0 Å². The zero-order valence-corrected chi connectivity index (χ0v) is 29.8. The van der Waals surface area contributed by atoms with Crippen molar-refractivity contribution >= 4 is 54.2 Å². The van der Waals surface area contributed by atoms with Gasteiger partial charge in [0.25, 0.3) is 0 Å². The number of hydrogen-bond acceptors (Lipinski definition) is 10. The molecule has 0 saturated carbocycles. The molecule has 16 heteroatoms. The summed E-state index contributed by atoms with van der Waals surface area (Å²) in [5.41, 5.74) is 3.99. The van der Waals surface area contributed by atoms with Gasteiger partial charge in [-0.15, -0.1) is 11.3 Å². The lowest BCUT2D eigenvalue weighted by atomic mass is 10.0. The number of rotatable bonds is 10. The van der Waals surface area contributed by atoms with E-state index in [2.05, 4.69) is 67.0 Å². The summed E-state index contributed by atoms with van der Waals surface area (Å²) in [6.07, 6.45) is -2.32. The first kappa shape index (κ1) is 35.3. The monoisotopic (exact) mass is 717 g/mol. The van der Waals surface area contributed by atoms with Gasteiger partial charge in [-0.2, -0.15) is 27.7 Å². The van der Waals surface area contributed by atoms with Crippen molar-refractivity contribution in [3.05, 3.63) is 46.0 Å². The fourth-order valence-electron chi connectivity index (χ4n) is 7.07. The molecule has 2 aliphatic rings. The van der Waals surface area contributed by atoms with Gasteiger partial charge in [-0.25, -0.2) is 13.4 Å². The topological polar surface area (TPSA) is 122 Å². The van der Waals surface area contributed by atoms with Crippen LogP contribution >= 0.6 is 11.3 Å². The number of piperazine rings is 1. The molecule has 0 radical (unpaired) electrons. The Morgan fingerprint density at radius 3 is 2.41 bits per heavy atom. The second kappa shape index (κ2) is 14.0. The van der Waals surface area contributed by atoms with Crippen molar-refractivity contribution in [3.8, 4) is 6.07 Å². The van der Waals surface area contributed by atoms with Crippen LogP contribution in [0.1, 0.15) is 47.5 Å². The Kier molecular flexibility index (Phi) is 10.1. The summed E-state index contributed by atoms with van der Waals surface area (Å²) in [4.78, 5) is 14.3. The summed E-state index contributed by atoms with van der Waals surface area (Å²) < 4.78 is 66.7. The van der Waals surface area contributed by atoms with E-state index in [1.165, 1.54) is 16.1 Å². The molecule has 2 aliphatic heterocycles. The number of nitrogens with one attached hydrogen (secondary N) is 2. The number of aromatic nitrogens is 3. The molecule has 0 bridgehead atoms. The van der Waals surface area contributed by atoms with Crippen LogP contribution in [0.4, 0.5) is 24.9 Å². The number of alkyl halides is 3. The van der Waals surface area contributed by atoms with Gasteiger partial charge in [-0.05, 0) is 56.0 Å². The van der Waals surface area contributed by atoms with E-state index in [-0.39, 0.29) is 17.0 Å². The molecule has 2 N–H and O–H groups in total.